The lowest BCUT2D eigenvalue weighted by Crippen LogP contribution is -2.29. The molecule has 0 aliphatic rings. The Morgan fingerprint density at radius 3 is 2.72 bits per heavy atom. The Morgan fingerprint density at radius 2 is 2.11 bits per heavy atom. The van der Waals surface area contributed by atoms with E-state index in [-0.39, 0.29) is 23.8 Å². The number of para-hydroxylation sites is 1. The number of hydrogen-bond acceptors (Lipinski definition) is 4. The third-order valence-electron chi connectivity index (χ3n) is 2.23. The van der Waals surface area contributed by atoms with E-state index in [2.05, 4.69) is 10.0 Å². The maximum Gasteiger partial charge on any atom is 0.242 e. The molecule has 8 heteroatoms. The van der Waals surface area contributed by atoms with Gasteiger partial charge in [0, 0.05) is 20.0 Å². The molecule has 0 saturated heterocycles. The second-order valence-corrected chi connectivity index (χ2v) is 5.21. The van der Waals surface area contributed by atoms with Gasteiger partial charge in [-0.3, -0.25) is 4.79 Å². The number of carbonyl (C=O) groups is 1. The first-order valence-corrected chi connectivity index (χ1v) is 6.61. The fourth-order valence-electron chi connectivity index (χ4n) is 1.25. The summed E-state index contributed by atoms with van der Waals surface area (Å²) in [4.78, 5) is 10.6. The van der Waals surface area contributed by atoms with Gasteiger partial charge in [-0.2, -0.15) is 0 Å². The molecule has 0 aliphatic carbocycles. The van der Waals surface area contributed by atoms with Crippen molar-refractivity contribution in [2.75, 3.05) is 19.3 Å². The van der Waals surface area contributed by atoms with Crippen molar-refractivity contribution in [3.8, 4) is 0 Å². The minimum atomic E-state index is -3.91. The van der Waals surface area contributed by atoms with Gasteiger partial charge in [-0.15, -0.1) is 0 Å². The summed E-state index contributed by atoms with van der Waals surface area (Å²) in [6.45, 7) is -0.0854. The molecule has 0 saturated carbocycles. The van der Waals surface area contributed by atoms with E-state index in [4.69, 9.17) is 5.73 Å². The molecule has 1 aromatic carbocycles. The van der Waals surface area contributed by atoms with Gasteiger partial charge in [-0.25, -0.2) is 17.5 Å². The lowest BCUT2D eigenvalue weighted by molar-refractivity contribution is -0.120. The first kappa shape index (κ1) is 14.4. The highest BCUT2D eigenvalue weighted by Crippen LogP contribution is 2.20. The van der Waals surface area contributed by atoms with Crippen LogP contribution in [0.1, 0.15) is 6.42 Å². The van der Waals surface area contributed by atoms with Gasteiger partial charge in [0.1, 0.15) is 10.7 Å². The number of benzene rings is 1. The molecule has 0 bridgehead atoms. The highest BCUT2D eigenvalue weighted by Gasteiger charge is 2.19. The SMILES string of the molecule is CNC(=O)CCNS(=O)(=O)c1cccc(F)c1N. The van der Waals surface area contributed by atoms with Crippen LogP contribution in [0, 0.1) is 5.82 Å². The van der Waals surface area contributed by atoms with Gasteiger partial charge < -0.3 is 11.1 Å². The van der Waals surface area contributed by atoms with Crippen molar-refractivity contribution in [3.63, 3.8) is 0 Å². The van der Waals surface area contributed by atoms with E-state index in [0.717, 1.165) is 6.07 Å². The maximum absolute atomic E-state index is 13.1. The van der Waals surface area contributed by atoms with Crippen molar-refractivity contribution >= 4 is 21.6 Å². The zero-order chi connectivity index (χ0) is 13.8. The Balaban J connectivity index is 2.81. The van der Waals surface area contributed by atoms with Crippen molar-refractivity contribution in [2.24, 2.45) is 0 Å². The van der Waals surface area contributed by atoms with E-state index >= 15 is 0 Å². The second-order valence-electron chi connectivity index (χ2n) is 3.47. The molecular formula is C10H14FN3O3S. The predicted molar refractivity (Wildman–Crippen MR) is 64.7 cm³/mol. The number of rotatable bonds is 5. The van der Waals surface area contributed by atoms with E-state index in [1.165, 1.54) is 19.2 Å². The predicted octanol–water partition coefficient (Wildman–Crippen LogP) is -0.178. The van der Waals surface area contributed by atoms with Crippen LogP contribution in [0.2, 0.25) is 0 Å². The number of amides is 1. The molecule has 4 N–H and O–H groups in total. The lowest BCUT2D eigenvalue weighted by atomic mass is 10.3. The molecule has 6 nitrogen and oxygen atoms in total. The Kier molecular flexibility index (Phi) is 4.62. The summed E-state index contributed by atoms with van der Waals surface area (Å²) in [6, 6.07) is 3.51. The van der Waals surface area contributed by atoms with E-state index in [9.17, 15) is 17.6 Å². The van der Waals surface area contributed by atoms with Gasteiger partial charge in [0.2, 0.25) is 15.9 Å². The number of carbonyl (C=O) groups excluding carboxylic acids is 1. The number of nitrogens with one attached hydrogen (secondary N) is 2. The summed E-state index contributed by atoms with van der Waals surface area (Å²) in [6.07, 6.45) is -0.00898. The molecule has 0 heterocycles. The summed E-state index contributed by atoms with van der Waals surface area (Å²) < 4.78 is 38.9. The minimum Gasteiger partial charge on any atom is -0.395 e. The van der Waals surface area contributed by atoms with Gasteiger partial charge in [-0.1, -0.05) is 6.07 Å². The number of sulfonamides is 1. The highest BCUT2D eigenvalue weighted by atomic mass is 32.2. The van der Waals surface area contributed by atoms with Crippen molar-refractivity contribution < 1.29 is 17.6 Å². The number of halogens is 1. The van der Waals surface area contributed by atoms with Crippen LogP contribution in [-0.2, 0) is 14.8 Å². The monoisotopic (exact) mass is 275 g/mol. The van der Waals surface area contributed by atoms with Crippen molar-refractivity contribution in [2.45, 2.75) is 11.3 Å². The number of anilines is 1. The zero-order valence-corrected chi connectivity index (χ0v) is 10.6. The van der Waals surface area contributed by atoms with Crippen molar-refractivity contribution in [3.05, 3.63) is 24.0 Å². The third-order valence-corrected chi connectivity index (χ3v) is 3.74. The summed E-state index contributed by atoms with van der Waals surface area (Å²) in [5.41, 5.74) is 4.91. The van der Waals surface area contributed by atoms with E-state index in [1.54, 1.807) is 0 Å². The molecule has 100 valence electrons. The number of nitrogen functional groups attached to an aromatic ring is 1. The summed E-state index contributed by atoms with van der Waals surface area (Å²) in [5, 5.41) is 2.35. The fourth-order valence-corrected chi connectivity index (χ4v) is 2.42. The van der Waals surface area contributed by atoms with Crippen LogP contribution in [0.5, 0.6) is 0 Å². The molecule has 0 atom stereocenters. The summed E-state index contributed by atoms with van der Waals surface area (Å²) >= 11 is 0. The topological polar surface area (TPSA) is 101 Å². The molecule has 18 heavy (non-hydrogen) atoms. The molecule has 0 aliphatic heterocycles. The standard InChI is InChI=1S/C10H14FN3O3S/c1-13-9(15)5-6-14-18(16,17)8-4-2-3-7(11)10(8)12/h2-4,14H,5-6,12H2,1H3,(H,13,15). The lowest BCUT2D eigenvalue weighted by Gasteiger charge is -2.09. The Hall–Kier alpha value is -1.67. The molecule has 0 aromatic heterocycles. The summed E-state index contributed by atoms with van der Waals surface area (Å²) in [7, 11) is -2.47. The Labute approximate surface area is 104 Å². The molecular weight excluding hydrogens is 261 g/mol. The second kappa shape index (κ2) is 5.78. The van der Waals surface area contributed by atoms with Crippen molar-refractivity contribution in [1.82, 2.24) is 10.0 Å². The normalized spacial score (nSPS) is 11.2. The Morgan fingerprint density at radius 1 is 1.44 bits per heavy atom. The first-order valence-electron chi connectivity index (χ1n) is 5.12. The van der Waals surface area contributed by atoms with E-state index < -0.39 is 21.5 Å². The smallest absolute Gasteiger partial charge is 0.242 e. The fraction of sp³-hybridized carbons (Fsp3) is 0.300. The van der Waals surface area contributed by atoms with Crippen LogP contribution in [-0.4, -0.2) is 27.9 Å². The first-order chi connectivity index (χ1) is 8.38. The minimum absolute atomic E-state index is 0.00898. The maximum atomic E-state index is 13.1. The van der Waals surface area contributed by atoms with E-state index in [0.29, 0.717) is 0 Å². The Bertz CT molecular complexity index is 545. The molecule has 0 fully saturated rings. The molecule has 1 amide bonds. The van der Waals surface area contributed by atoms with Crippen LogP contribution in [0.25, 0.3) is 0 Å². The quantitative estimate of drug-likeness (QED) is 0.649. The zero-order valence-electron chi connectivity index (χ0n) is 9.73. The largest absolute Gasteiger partial charge is 0.395 e. The molecule has 0 radical (unpaired) electrons. The third kappa shape index (κ3) is 3.41. The summed E-state index contributed by atoms with van der Waals surface area (Å²) in [5.74, 6) is -1.10. The van der Waals surface area contributed by atoms with E-state index in [1.807, 2.05) is 0 Å². The molecule has 1 aromatic rings. The van der Waals surface area contributed by atoms with Crippen LogP contribution >= 0.6 is 0 Å². The van der Waals surface area contributed by atoms with Crippen LogP contribution in [0.15, 0.2) is 23.1 Å². The van der Waals surface area contributed by atoms with Gasteiger partial charge in [0.25, 0.3) is 0 Å². The molecule has 0 spiro atoms. The number of nitrogens with two attached hydrogens (primary N) is 1. The highest BCUT2D eigenvalue weighted by molar-refractivity contribution is 7.89. The number of hydrogen-bond donors (Lipinski definition) is 3. The van der Waals surface area contributed by atoms with Gasteiger partial charge in [0.15, 0.2) is 0 Å². The van der Waals surface area contributed by atoms with Crippen LogP contribution in [0.4, 0.5) is 10.1 Å². The molecule has 1 rings (SSSR count). The average Bonchev–Trinajstić information content (AvgIpc) is 2.32. The van der Waals surface area contributed by atoms with Crippen LogP contribution in [0.3, 0.4) is 0 Å². The van der Waals surface area contributed by atoms with Gasteiger partial charge in [-0.05, 0) is 12.1 Å². The van der Waals surface area contributed by atoms with Crippen LogP contribution < -0.4 is 15.8 Å². The van der Waals surface area contributed by atoms with Gasteiger partial charge in [0.05, 0.1) is 5.69 Å². The molecule has 0 unspecified atom stereocenters. The van der Waals surface area contributed by atoms with Crippen molar-refractivity contribution in [1.29, 1.82) is 0 Å². The average molecular weight is 275 g/mol. The van der Waals surface area contributed by atoms with Gasteiger partial charge >= 0.3 is 0 Å².